The summed E-state index contributed by atoms with van der Waals surface area (Å²) in [6.45, 7) is 11.4. The highest BCUT2D eigenvalue weighted by Crippen LogP contribution is 2.67. The van der Waals surface area contributed by atoms with Gasteiger partial charge < -0.3 is 5.11 Å². The highest BCUT2D eigenvalue weighted by molar-refractivity contribution is 9.09. The molecule has 2 heteroatoms. The van der Waals surface area contributed by atoms with Crippen LogP contribution in [0.3, 0.4) is 0 Å². The maximum atomic E-state index is 10.3. The second-order valence-electron chi connectivity index (χ2n) is 11.5. The normalized spacial score (nSPS) is 42.5. The third kappa shape index (κ3) is 4.48. The summed E-state index contributed by atoms with van der Waals surface area (Å²) in [7, 11) is 0. The fourth-order valence-corrected chi connectivity index (χ4v) is 9.27. The second-order valence-corrected chi connectivity index (χ2v) is 12.1. The monoisotopic (exact) mass is 480 g/mol. The summed E-state index contributed by atoms with van der Waals surface area (Å²) < 4.78 is 0. The summed E-state index contributed by atoms with van der Waals surface area (Å²) in [5, 5.41) is 11.4. The van der Waals surface area contributed by atoms with Crippen molar-refractivity contribution < 1.29 is 5.11 Å². The van der Waals surface area contributed by atoms with E-state index in [9.17, 15) is 5.11 Å². The molecule has 0 aromatic carbocycles. The molecule has 7 unspecified atom stereocenters. The summed E-state index contributed by atoms with van der Waals surface area (Å²) >= 11 is 3.95. The second kappa shape index (κ2) is 10.4. The summed E-state index contributed by atoms with van der Waals surface area (Å²) in [5.74, 6) is 4.54. The number of hydrogen-bond donors (Lipinski definition) is 1. The average molecular weight is 482 g/mol. The highest BCUT2D eigenvalue weighted by atomic mass is 79.9. The lowest BCUT2D eigenvalue weighted by atomic mass is 9.47. The molecule has 174 valence electrons. The van der Waals surface area contributed by atoms with Crippen LogP contribution in [0.5, 0.6) is 0 Å². The van der Waals surface area contributed by atoms with E-state index in [0.717, 1.165) is 47.8 Å². The number of alkyl halides is 1. The lowest BCUT2D eigenvalue weighted by Crippen LogP contribution is -2.52. The van der Waals surface area contributed by atoms with Gasteiger partial charge in [0.2, 0.25) is 0 Å². The van der Waals surface area contributed by atoms with Gasteiger partial charge in [0, 0.05) is 10.7 Å². The number of rotatable bonds is 6. The Morgan fingerprint density at radius 3 is 2.53 bits per heavy atom. The van der Waals surface area contributed by atoms with E-state index in [0.29, 0.717) is 10.8 Å². The SMILES string of the molecule is CC.CC(C)CCCCC1CCC2C3CC=C4CC(O)CCC4(CBr)C3CCC12C. The molecular formula is C28H49BrO. The lowest BCUT2D eigenvalue weighted by molar-refractivity contribution is -0.0487. The van der Waals surface area contributed by atoms with Crippen molar-refractivity contribution in [3.63, 3.8) is 0 Å². The van der Waals surface area contributed by atoms with E-state index in [1.165, 1.54) is 64.2 Å². The molecule has 0 radical (unpaired) electrons. The Morgan fingerprint density at radius 2 is 1.83 bits per heavy atom. The Bertz CT molecular complexity index is 583. The molecule has 4 aliphatic rings. The van der Waals surface area contributed by atoms with Crippen molar-refractivity contribution in [2.45, 2.75) is 118 Å². The molecule has 7 atom stereocenters. The summed E-state index contributed by atoms with van der Waals surface area (Å²) in [4.78, 5) is 0. The molecule has 0 spiro atoms. The third-order valence-electron chi connectivity index (χ3n) is 9.82. The number of aliphatic hydroxyl groups is 1. The fraction of sp³-hybridized carbons (Fsp3) is 0.929. The number of halogens is 1. The number of unbranched alkanes of at least 4 members (excludes halogenated alkanes) is 1. The average Bonchev–Trinajstić information content (AvgIpc) is 3.08. The van der Waals surface area contributed by atoms with E-state index >= 15 is 0 Å². The van der Waals surface area contributed by atoms with Crippen LogP contribution in [0.2, 0.25) is 0 Å². The molecule has 0 bridgehead atoms. The van der Waals surface area contributed by atoms with E-state index < -0.39 is 0 Å². The van der Waals surface area contributed by atoms with Gasteiger partial charge in [0.1, 0.15) is 0 Å². The molecule has 4 aliphatic carbocycles. The van der Waals surface area contributed by atoms with Crippen molar-refractivity contribution in [3.05, 3.63) is 11.6 Å². The summed E-state index contributed by atoms with van der Waals surface area (Å²) in [6.07, 6.45) is 18.6. The first-order valence-electron chi connectivity index (χ1n) is 13.3. The smallest absolute Gasteiger partial charge is 0.0577 e. The van der Waals surface area contributed by atoms with E-state index in [1.54, 1.807) is 5.57 Å². The van der Waals surface area contributed by atoms with Crippen molar-refractivity contribution in [1.82, 2.24) is 0 Å². The largest absolute Gasteiger partial charge is 0.393 e. The van der Waals surface area contributed by atoms with E-state index in [1.807, 2.05) is 13.8 Å². The molecule has 0 saturated heterocycles. The molecule has 1 N–H and O–H groups in total. The van der Waals surface area contributed by atoms with Crippen molar-refractivity contribution in [1.29, 1.82) is 0 Å². The maximum Gasteiger partial charge on any atom is 0.0577 e. The van der Waals surface area contributed by atoms with E-state index in [4.69, 9.17) is 0 Å². The molecular weight excluding hydrogens is 432 g/mol. The van der Waals surface area contributed by atoms with Crippen molar-refractivity contribution in [2.75, 3.05) is 5.33 Å². The van der Waals surface area contributed by atoms with Crippen molar-refractivity contribution in [3.8, 4) is 0 Å². The Balaban J connectivity index is 0.00000124. The van der Waals surface area contributed by atoms with Gasteiger partial charge in [-0.1, -0.05) is 81.5 Å². The molecule has 3 fully saturated rings. The predicted molar refractivity (Wildman–Crippen MR) is 134 cm³/mol. The quantitative estimate of drug-likeness (QED) is 0.229. The molecule has 0 aromatic rings. The molecule has 0 heterocycles. The van der Waals surface area contributed by atoms with Crippen LogP contribution in [0.25, 0.3) is 0 Å². The number of allylic oxidation sites excluding steroid dienone is 1. The van der Waals surface area contributed by atoms with Crippen LogP contribution in [0.1, 0.15) is 112 Å². The van der Waals surface area contributed by atoms with Crippen molar-refractivity contribution in [2.24, 2.45) is 40.4 Å². The zero-order valence-corrected chi connectivity index (χ0v) is 22.1. The molecule has 4 rings (SSSR count). The zero-order valence-electron chi connectivity index (χ0n) is 20.6. The van der Waals surface area contributed by atoms with E-state index in [2.05, 4.69) is 42.8 Å². The standard InChI is InChI=1S/C26H43BrO.C2H6/c1-18(2)6-4-5-7-19-9-11-23-22-10-8-20-16-21(28)12-15-26(20,17-27)24(22)13-14-25(19,23)3;1-2/h8,18-19,21-24,28H,4-7,9-17H2,1-3H3;1-2H3. The van der Waals surface area contributed by atoms with Gasteiger partial charge in [0.05, 0.1) is 6.10 Å². The Morgan fingerprint density at radius 1 is 1.07 bits per heavy atom. The first-order chi connectivity index (χ1) is 14.4. The van der Waals surface area contributed by atoms with Crippen LogP contribution in [-0.4, -0.2) is 16.5 Å². The highest BCUT2D eigenvalue weighted by Gasteiger charge is 2.59. The van der Waals surface area contributed by atoms with Crippen LogP contribution < -0.4 is 0 Å². The molecule has 3 saturated carbocycles. The minimum Gasteiger partial charge on any atom is -0.393 e. The maximum absolute atomic E-state index is 10.3. The number of hydrogen-bond acceptors (Lipinski definition) is 1. The third-order valence-corrected chi connectivity index (χ3v) is 10.8. The van der Waals surface area contributed by atoms with Gasteiger partial charge in [-0.05, 0) is 92.8 Å². The number of aliphatic hydroxyl groups excluding tert-OH is 1. The zero-order chi connectivity index (χ0) is 21.9. The first-order valence-corrected chi connectivity index (χ1v) is 14.5. The van der Waals surface area contributed by atoms with E-state index in [-0.39, 0.29) is 6.10 Å². The topological polar surface area (TPSA) is 20.2 Å². The van der Waals surface area contributed by atoms with Gasteiger partial charge >= 0.3 is 0 Å². The van der Waals surface area contributed by atoms with Crippen LogP contribution in [0.4, 0.5) is 0 Å². The predicted octanol–water partition coefficient (Wildman–Crippen LogP) is 8.54. The van der Waals surface area contributed by atoms with Crippen LogP contribution in [0, 0.1) is 40.4 Å². The summed E-state index contributed by atoms with van der Waals surface area (Å²) in [5.41, 5.74) is 2.57. The molecule has 30 heavy (non-hydrogen) atoms. The molecule has 0 aromatic heterocycles. The molecule has 0 aliphatic heterocycles. The fourth-order valence-electron chi connectivity index (χ4n) is 8.21. The van der Waals surface area contributed by atoms with Gasteiger partial charge in [0.25, 0.3) is 0 Å². The minimum absolute atomic E-state index is 0.0921. The first kappa shape index (κ1) is 24.8. The Kier molecular flexibility index (Phi) is 8.61. The van der Waals surface area contributed by atoms with Crippen LogP contribution >= 0.6 is 15.9 Å². The summed E-state index contributed by atoms with van der Waals surface area (Å²) in [6, 6.07) is 0. The Hall–Kier alpha value is 0.180. The molecule has 1 nitrogen and oxygen atoms in total. The van der Waals surface area contributed by atoms with Crippen molar-refractivity contribution >= 4 is 15.9 Å². The Labute approximate surface area is 196 Å². The van der Waals surface area contributed by atoms with Gasteiger partial charge in [-0.3, -0.25) is 0 Å². The minimum atomic E-state index is -0.0921. The lowest BCUT2D eigenvalue weighted by Gasteiger charge is -2.58. The van der Waals surface area contributed by atoms with Gasteiger partial charge in [-0.25, -0.2) is 0 Å². The van der Waals surface area contributed by atoms with Gasteiger partial charge in [-0.2, -0.15) is 0 Å². The molecule has 0 amide bonds. The van der Waals surface area contributed by atoms with Crippen LogP contribution in [0.15, 0.2) is 11.6 Å². The van der Waals surface area contributed by atoms with Gasteiger partial charge in [0.15, 0.2) is 0 Å². The number of fused-ring (bicyclic) bond motifs is 5. The van der Waals surface area contributed by atoms with Crippen LogP contribution in [-0.2, 0) is 0 Å². The van der Waals surface area contributed by atoms with Gasteiger partial charge in [-0.15, -0.1) is 0 Å².